The Morgan fingerprint density at radius 1 is 0.329 bits per heavy atom. The Hall–Kier alpha value is -9.28. The summed E-state index contributed by atoms with van der Waals surface area (Å²) in [4.78, 5) is 19.5. The van der Waals surface area contributed by atoms with E-state index < -0.39 is 8.07 Å². The molecule has 0 bridgehead atoms. The zero-order chi connectivity index (χ0) is 46.9. The fourth-order valence-corrected chi connectivity index (χ4v) is 15.0. The van der Waals surface area contributed by atoms with Crippen LogP contribution in [-0.2, 0) is 0 Å². The van der Waals surface area contributed by atoms with Gasteiger partial charge in [0.05, 0.1) is 17.6 Å². The summed E-state index contributed by atoms with van der Waals surface area (Å²) < 4.78 is 2.36. The lowest BCUT2D eigenvalue weighted by atomic mass is 9.98. The van der Waals surface area contributed by atoms with Crippen molar-refractivity contribution >= 4 is 56.3 Å². The van der Waals surface area contributed by atoms with Gasteiger partial charge in [0.15, 0.2) is 31.2 Å². The number of para-hydroxylation sites is 1. The third-order valence-electron chi connectivity index (χ3n) is 13.4. The Bertz CT molecular complexity index is 3720. The van der Waals surface area contributed by atoms with Crippen molar-refractivity contribution in [2.24, 2.45) is 0 Å². The first kappa shape index (κ1) is 42.1. The normalized spacial score (nSPS) is 11.4. The molecule has 0 atom stereocenters. The van der Waals surface area contributed by atoms with Crippen LogP contribution in [0.25, 0.3) is 88.8 Å². The van der Waals surface area contributed by atoms with E-state index in [1.54, 1.807) is 0 Å². The van der Waals surface area contributed by atoms with Crippen LogP contribution in [0.5, 0.6) is 0 Å². The maximum Gasteiger partial charge on any atom is 0.187 e. The molecule has 0 spiro atoms. The van der Waals surface area contributed by atoms with Gasteiger partial charge < -0.3 is 4.57 Å². The van der Waals surface area contributed by atoms with Crippen molar-refractivity contribution in [2.45, 2.75) is 0 Å². The van der Waals surface area contributed by atoms with Gasteiger partial charge in [-0.3, -0.25) is 0 Å². The van der Waals surface area contributed by atoms with Crippen LogP contribution >= 0.6 is 0 Å². The fraction of sp³-hybridized carbons (Fsp3) is 0. The number of fused-ring (bicyclic) bond motifs is 3. The highest BCUT2D eigenvalue weighted by Gasteiger charge is 2.41. The van der Waals surface area contributed by atoms with Crippen molar-refractivity contribution in [3.8, 4) is 62.1 Å². The second kappa shape index (κ2) is 18.1. The highest BCUT2D eigenvalue weighted by molar-refractivity contribution is 7.19. The number of hydrogen-bond acceptors (Lipinski definition) is 3. The molecule has 0 N–H and O–H groups in total. The Balaban J connectivity index is 1.12. The molecule has 0 aliphatic carbocycles. The Morgan fingerprint density at radius 3 is 1.40 bits per heavy atom. The molecule has 0 fully saturated rings. The summed E-state index contributed by atoms with van der Waals surface area (Å²) in [6, 6.07) is 92.6. The van der Waals surface area contributed by atoms with Gasteiger partial charge in [0.25, 0.3) is 0 Å². The molecular weight excluding hydrogens is 867 g/mol. The number of hydrogen-bond donors (Lipinski definition) is 0. The minimum absolute atomic E-state index is 0.582. The van der Waals surface area contributed by atoms with Crippen molar-refractivity contribution < 1.29 is 0 Å². The molecule has 0 aliphatic heterocycles. The van der Waals surface area contributed by atoms with Gasteiger partial charge in [-0.05, 0) is 73.3 Å². The second-order valence-electron chi connectivity index (χ2n) is 17.4. The van der Waals surface area contributed by atoms with Crippen LogP contribution in [0.4, 0.5) is 5.69 Å². The number of aromatic nitrogens is 4. The van der Waals surface area contributed by atoms with Crippen LogP contribution in [0.1, 0.15) is 0 Å². The molecule has 0 amide bonds. The van der Waals surface area contributed by atoms with E-state index in [-0.39, 0.29) is 0 Å². The molecule has 2 heterocycles. The topological polar surface area (TPSA) is 48.0 Å². The number of nitrogens with zero attached hydrogens (tertiary/aromatic N) is 5. The molecule has 5 nitrogen and oxygen atoms in total. The fourth-order valence-electron chi connectivity index (χ4n) is 10.2. The average molecular weight is 910 g/mol. The standard InChI is InChI=1S/C64H43N5Si/c1-65-50-37-34-45(35-38-50)48-36-41-61-58(43-48)57-32-17-18-33-60(57)69(61)51-39-40-56(59(44-51)64-67-62(46-20-7-2-8-21-46)66-63(68-64)47-22-9-3-10-23-47)49-24-19-31-55(42-49)70(52-25-11-4-12-26-52,53-27-13-5-14-28-53)54-29-15-6-16-30-54/h2-44H. The zero-order valence-corrected chi connectivity index (χ0v) is 39.1. The van der Waals surface area contributed by atoms with E-state index in [1.807, 2.05) is 60.7 Å². The molecule has 12 rings (SSSR count). The first-order chi connectivity index (χ1) is 34.7. The summed E-state index contributed by atoms with van der Waals surface area (Å²) in [7, 11) is -2.88. The van der Waals surface area contributed by atoms with Gasteiger partial charge in [0.2, 0.25) is 0 Å². The van der Waals surface area contributed by atoms with Crippen LogP contribution < -0.4 is 20.7 Å². The molecule has 6 heteroatoms. The molecule has 12 aromatic rings. The molecule has 0 radical (unpaired) electrons. The summed E-state index contributed by atoms with van der Waals surface area (Å²) >= 11 is 0. The molecule has 0 unspecified atom stereocenters. The van der Waals surface area contributed by atoms with Crippen LogP contribution in [0.2, 0.25) is 0 Å². The Kier molecular flexibility index (Phi) is 10.9. The molecule has 0 saturated carbocycles. The van der Waals surface area contributed by atoms with Gasteiger partial charge in [-0.1, -0.05) is 231 Å². The minimum Gasteiger partial charge on any atom is -0.309 e. The van der Waals surface area contributed by atoms with Crippen molar-refractivity contribution in [3.63, 3.8) is 0 Å². The monoisotopic (exact) mass is 909 g/mol. The van der Waals surface area contributed by atoms with Crippen LogP contribution in [0.15, 0.2) is 261 Å². The van der Waals surface area contributed by atoms with Gasteiger partial charge in [-0.2, -0.15) is 0 Å². The quantitative estimate of drug-likeness (QED) is 0.0780. The largest absolute Gasteiger partial charge is 0.309 e. The molecular formula is C64H43N5Si. The number of rotatable bonds is 10. The third kappa shape index (κ3) is 7.48. The highest BCUT2D eigenvalue weighted by atomic mass is 28.3. The molecule has 328 valence electrons. The van der Waals surface area contributed by atoms with E-state index in [4.69, 9.17) is 21.5 Å². The minimum atomic E-state index is -2.88. The van der Waals surface area contributed by atoms with Crippen molar-refractivity contribution in [3.05, 3.63) is 272 Å². The first-order valence-corrected chi connectivity index (χ1v) is 25.5. The number of benzene rings is 10. The molecule has 2 aromatic heterocycles. The summed E-state index contributed by atoms with van der Waals surface area (Å²) in [6.07, 6.45) is 0. The lowest BCUT2D eigenvalue weighted by Gasteiger charge is -2.34. The van der Waals surface area contributed by atoms with E-state index in [0.717, 1.165) is 66.4 Å². The summed E-state index contributed by atoms with van der Waals surface area (Å²) in [6.45, 7) is 7.48. The van der Waals surface area contributed by atoms with E-state index in [2.05, 4.69) is 210 Å². The van der Waals surface area contributed by atoms with Gasteiger partial charge in [0, 0.05) is 33.2 Å². The molecule has 0 aliphatic rings. The summed E-state index contributed by atoms with van der Waals surface area (Å²) in [5.41, 5.74) is 10.7. The maximum absolute atomic E-state index is 7.48. The first-order valence-electron chi connectivity index (χ1n) is 23.5. The van der Waals surface area contributed by atoms with Gasteiger partial charge >= 0.3 is 0 Å². The average Bonchev–Trinajstić information content (AvgIpc) is 3.78. The molecule has 0 saturated heterocycles. The summed E-state index contributed by atoms with van der Waals surface area (Å²) in [5, 5.41) is 7.50. The van der Waals surface area contributed by atoms with E-state index in [0.29, 0.717) is 23.2 Å². The Labute approximate surface area is 408 Å². The third-order valence-corrected chi connectivity index (χ3v) is 18.2. The van der Waals surface area contributed by atoms with Crippen LogP contribution in [-0.4, -0.2) is 27.6 Å². The SMILES string of the molecule is [C-]#[N+]c1ccc(-c2ccc3c(c2)c2ccccc2n3-c2ccc(-c3cccc([Si](c4ccccc4)(c4ccccc4)c4ccccc4)c3)c(-c3nc(-c4ccccc4)nc(-c4ccccc4)n3)c2)cc1. The highest BCUT2D eigenvalue weighted by Crippen LogP contribution is 2.39. The van der Waals surface area contributed by atoms with Gasteiger partial charge in [-0.15, -0.1) is 0 Å². The van der Waals surface area contributed by atoms with Gasteiger partial charge in [-0.25, -0.2) is 19.8 Å². The smallest absolute Gasteiger partial charge is 0.187 e. The van der Waals surface area contributed by atoms with Crippen LogP contribution in [0, 0.1) is 6.57 Å². The second-order valence-corrected chi connectivity index (χ2v) is 21.2. The van der Waals surface area contributed by atoms with Crippen molar-refractivity contribution in [1.82, 2.24) is 19.5 Å². The lowest BCUT2D eigenvalue weighted by Crippen LogP contribution is -2.74. The Morgan fingerprint density at radius 2 is 0.814 bits per heavy atom. The predicted molar refractivity (Wildman–Crippen MR) is 291 cm³/mol. The van der Waals surface area contributed by atoms with E-state index >= 15 is 0 Å². The zero-order valence-electron chi connectivity index (χ0n) is 38.1. The van der Waals surface area contributed by atoms with Crippen LogP contribution in [0.3, 0.4) is 0 Å². The molecule has 70 heavy (non-hydrogen) atoms. The van der Waals surface area contributed by atoms with Crippen molar-refractivity contribution in [1.29, 1.82) is 0 Å². The maximum atomic E-state index is 7.48. The predicted octanol–water partition coefficient (Wildman–Crippen LogP) is 13.2. The van der Waals surface area contributed by atoms with Crippen molar-refractivity contribution in [2.75, 3.05) is 0 Å². The van der Waals surface area contributed by atoms with Gasteiger partial charge in [0.1, 0.15) is 0 Å². The van der Waals surface area contributed by atoms with E-state index in [1.165, 1.54) is 20.7 Å². The molecule has 10 aromatic carbocycles. The van der Waals surface area contributed by atoms with E-state index in [9.17, 15) is 0 Å². The summed E-state index contributed by atoms with van der Waals surface area (Å²) in [5.74, 6) is 1.79. The lowest BCUT2D eigenvalue weighted by molar-refractivity contribution is 1.07.